The zero-order valence-electron chi connectivity index (χ0n) is 10.3. The van der Waals surface area contributed by atoms with Gasteiger partial charge in [-0.15, -0.1) is 0 Å². The van der Waals surface area contributed by atoms with Crippen LogP contribution < -0.4 is 0 Å². The molecule has 0 aliphatic carbocycles. The van der Waals surface area contributed by atoms with E-state index in [4.69, 9.17) is 14.9 Å². The Bertz CT molecular complexity index is 472. The third-order valence-electron chi connectivity index (χ3n) is 2.41. The van der Waals surface area contributed by atoms with E-state index in [1.54, 1.807) is 6.92 Å². The van der Waals surface area contributed by atoms with Gasteiger partial charge in [-0.3, -0.25) is 0 Å². The molecule has 0 saturated heterocycles. The number of hydrogen-bond donors (Lipinski definition) is 3. The number of phenols is 1. The molecule has 0 amide bonds. The minimum Gasteiger partial charge on any atom is -0.505 e. The highest BCUT2D eigenvalue weighted by atomic mass is 19.1. The first-order valence-corrected chi connectivity index (χ1v) is 5.65. The number of carbonyl (C=O) groups is 1. The standard InChI is InChI=1S/C13H15FO5/c1-2-19-11(5-6-12(16)17)13(18)8-3-4-10(15)9(14)7-8/h3-7,11,13,15,18H,2H2,1H3,(H,16,17)/b6-5+/t11-,13-/m0/s1. The third-order valence-corrected chi connectivity index (χ3v) is 2.41. The van der Waals surface area contributed by atoms with Crippen LogP contribution in [0.3, 0.4) is 0 Å². The highest BCUT2D eigenvalue weighted by Crippen LogP contribution is 2.24. The fraction of sp³-hybridized carbons (Fsp3) is 0.308. The maximum Gasteiger partial charge on any atom is 0.328 e. The number of aliphatic hydroxyl groups is 1. The van der Waals surface area contributed by atoms with Gasteiger partial charge in [0.15, 0.2) is 11.6 Å². The number of halogens is 1. The average Bonchev–Trinajstić information content (AvgIpc) is 2.36. The Morgan fingerprint density at radius 3 is 2.74 bits per heavy atom. The number of carboxylic acids is 1. The van der Waals surface area contributed by atoms with Crippen molar-refractivity contribution in [2.75, 3.05) is 6.61 Å². The van der Waals surface area contributed by atoms with Crippen LogP contribution in [0.4, 0.5) is 4.39 Å². The summed E-state index contributed by atoms with van der Waals surface area (Å²) in [4.78, 5) is 10.4. The van der Waals surface area contributed by atoms with E-state index in [1.165, 1.54) is 12.1 Å². The van der Waals surface area contributed by atoms with Gasteiger partial charge < -0.3 is 20.1 Å². The summed E-state index contributed by atoms with van der Waals surface area (Å²) in [5, 5.41) is 27.6. The van der Waals surface area contributed by atoms with Crippen LogP contribution in [0.1, 0.15) is 18.6 Å². The van der Waals surface area contributed by atoms with Crippen molar-refractivity contribution in [3.05, 3.63) is 41.7 Å². The topological polar surface area (TPSA) is 87.0 Å². The van der Waals surface area contributed by atoms with Crippen molar-refractivity contribution in [1.82, 2.24) is 0 Å². The number of rotatable bonds is 6. The van der Waals surface area contributed by atoms with Crippen molar-refractivity contribution in [1.29, 1.82) is 0 Å². The molecule has 1 aromatic carbocycles. The molecule has 0 aromatic heterocycles. The fourth-order valence-corrected chi connectivity index (χ4v) is 1.52. The van der Waals surface area contributed by atoms with Crippen LogP contribution in [0.25, 0.3) is 0 Å². The molecule has 5 nitrogen and oxygen atoms in total. The second kappa shape index (κ2) is 6.86. The molecule has 0 radical (unpaired) electrons. The summed E-state index contributed by atoms with van der Waals surface area (Å²) in [7, 11) is 0. The van der Waals surface area contributed by atoms with Gasteiger partial charge in [-0.2, -0.15) is 0 Å². The van der Waals surface area contributed by atoms with Gasteiger partial charge in [0.05, 0.1) is 0 Å². The second-order valence-electron chi connectivity index (χ2n) is 3.77. The fourth-order valence-electron chi connectivity index (χ4n) is 1.52. The van der Waals surface area contributed by atoms with E-state index in [9.17, 15) is 14.3 Å². The summed E-state index contributed by atoms with van der Waals surface area (Å²) < 4.78 is 18.4. The van der Waals surface area contributed by atoms with Gasteiger partial charge in [0, 0.05) is 12.7 Å². The van der Waals surface area contributed by atoms with Crippen LogP contribution in [0.5, 0.6) is 5.75 Å². The Labute approximate surface area is 109 Å². The summed E-state index contributed by atoms with van der Waals surface area (Å²) in [6, 6.07) is 3.42. The number of ether oxygens (including phenoxy) is 1. The summed E-state index contributed by atoms with van der Waals surface area (Å²) in [5.41, 5.74) is 0.184. The Balaban J connectivity index is 2.94. The molecule has 0 spiro atoms. The molecule has 2 atom stereocenters. The third kappa shape index (κ3) is 4.35. The summed E-state index contributed by atoms with van der Waals surface area (Å²) in [5.74, 6) is -2.56. The minimum atomic E-state index is -1.23. The maximum absolute atomic E-state index is 13.2. The molecule has 0 saturated carbocycles. The van der Waals surface area contributed by atoms with Gasteiger partial charge in [0.25, 0.3) is 0 Å². The minimum absolute atomic E-state index is 0.184. The largest absolute Gasteiger partial charge is 0.505 e. The lowest BCUT2D eigenvalue weighted by atomic mass is 10.0. The second-order valence-corrected chi connectivity index (χ2v) is 3.77. The number of carboxylic acid groups (broad SMARTS) is 1. The SMILES string of the molecule is CCO[C@@H](/C=C/C(=O)O)[C@@H](O)c1ccc(O)c(F)c1. The molecule has 0 aliphatic heterocycles. The van der Waals surface area contributed by atoms with E-state index in [-0.39, 0.29) is 12.2 Å². The van der Waals surface area contributed by atoms with E-state index in [1.807, 2.05) is 0 Å². The van der Waals surface area contributed by atoms with Gasteiger partial charge >= 0.3 is 5.97 Å². The lowest BCUT2D eigenvalue weighted by Gasteiger charge is -2.20. The molecule has 0 fully saturated rings. The van der Waals surface area contributed by atoms with Crippen molar-refractivity contribution in [2.45, 2.75) is 19.1 Å². The van der Waals surface area contributed by atoms with E-state index in [0.29, 0.717) is 0 Å². The lowest BCUT2D eigenvalue weighted by molar-refractivity contribution is -0.131. The highest BCUT2D eigenvalue weighted by Gasteiger charge is 2.20. The number of aliphatic carboxylic acids is 1. The number of aromatic hydroxyl groups is 1. The molecule has 0 aliphatic rings. The smallest absolute Gasteiger partial charge is 0.328 e. The Morgan fingerprint density at radius 2 is 2.21 bits per heavy atom. The van der Waals surface area contributed by atoms with E-state index in [0.717, 1.165) is 18.2 Å². The predicted octanol–water partition coefficient (Wildman–Crippen LogP) is 1.61. The maximum atomic E-state index is 13.2. The molecule has 104 valence electrons. The van der Waals surface area contributed by atoms with Gasteiger partial charge in [0.2, 0.25) is 0 Å². The molecule has 0 bridgehead atoms. The van der Waals surface area contributed by atoms with Gasteiger partial charge in [-0.05, 0) is 30.7 Å². The molecular formula is C13H15FO5. The van der Waals surface area contributed by atoms with Crippen molar-refractivity contribution >= 4 is 5.97 Å². The molecule has 6 heteroatoms. The number of benzene rings is 1. The van der Waals surface area contributed by atoms with Crippen molar-refractivity contribution in [2.24, 2.45) is 0 Å². The molecule has 0 unspecified atom stereocenters. The molecular weight excluding hydrogens is 255 g/mol. The van der Waals surface area contributed by atoms with Gasteiger partial charge in [0.1, 0.15) is 12.2 Å². The highest BCUT2D eigenvalue weighted by molar-refractivity contribution is 5.79. The zero-order chi connectivity index (χ0) is 14.4. The van der Waals surface area contributed by atoms with Crippen molar-refractivity contribution in [3.8, 4) is 5.75 Å². The average molecular weight is 270 g/mol. The molecule has 1 rings (SSSR count). The van der Waals surface area contributed by atoms with Crippen LogP contribution in [-0.4, -0.2) is 34.0 Å². The van der Waals surface area contributed by atoms with Gasteiger partial charge in [-0.1, -0.05) is 6.07 Å². The Morgan fingerprint density at radius 1 is 1.53 bits per heavy atom. The first-order chi connectivity index (χ1) is 8.95. The molecule has 1 aromatic rings. The first-order valence-electron chi connectivity index (χ1n) is 5.65. The quantitative estimate of drug-likeness (QED) is 0.684. The van der Waals surface area contributed by atoms with Crippen LogP contribution in [0.15, 0.2) is 30.4 Å². The zero-order valence-corrected chi connectivity index (χ0v) is 10.3. The van der Waals surface area contributed by atoms with Crippen LogP contribution >= 0.6 is 0 Å². The number of hydrogen-bond acceptors (Lipinski definition) is 4. The van der Waals surface area contributed by atoms with Crippen molar-refractivity contribution in [3.63, 3.8) is 0 Å². The Hall–Kier alpha value is -1.92. The molecule has 0 heterocycles. The summed E-state index contributed by atoms with van der Waals surface area (Å²) in [6.45, 7) is 1.94. The molecule has 19 heavy (non-hydrogen) atoms. The van der Waals surface area contributed by atoms with Gasteiger partial charge in [-0.25, -0.2) is 9.18 Å². The predicted molar refractivity (Wildman–Crippen MR) is 65.2 cm³/mol. The Kier molecular flexibility index (Phi) is 5.47. The number of phenolic OH excluding ortho intramolecular Hbond substituents is 1. The van der Waals surface area contributed by atoms with E-state index >= 15 is 0 Å². The van der Waals surface area contributed by atoms with Crippen LogP contribution in [-0.2, 0) is 9.53 Å². The van der Waals surface area contributed by atoms with Crippen LogP contribution in [0, 0.1) is 5.82 Å². The van der Waals surface area contributed by atoms with E-state index < -0.39 is 29.7 Å². The van der Waals surface area contributed by atoms with Crippen LogP contribution in [0.2, 0.25) is 0 Å². The van der Waals surface area contributed by atoms with E-state index in [2.05, 4.69) is 0 Å². The lowest BCUT2D eigenvalue weighted by Crippen LogP contribution is -2.20. The number of aliphatic hydroxyl groups excluding tert-OH is 1. The first kappa shape index (κ1) is 15.1. The summed E-state index contributed by atoms with van der Waals surface area (Å²) >= 11 is 0. The summed E-state index contributed by atoms with van der Waals surface area (Å²) in [6.07, 6.45) is -0.114. The molecule has 3 N–H and O–H groups in total. The monoisotopic (exact) mass is 270 g/mol. The normalized spacial score (nSPS) is 14.5. The van der Waals surface area contributed by atoms with Crippen molar-refractivity contribution < 1.29 is 29.2 Å².